The van der Waals surface area contributed by atoms with Crippen LogP contribution in [0.3, 0.4) is 0 Å². The van der Waals surface area contributed by atoms with E-state index in [9.17, 15) is 26.5 Å². The average molecular weight is 668 g/mol. The number of benzene rings is 3. The molecule has 3 aromatic carbocycles. The summed E-state index contributed by atoms with van der Waals surface area (Å²) in [6.07, 6.45) is 5.42. The van der Waals surface area contributed by atoms with Crippen LogP contribution in [-0.2, 0) is 26.7 Å². The highest BCUT2D eigenvalue weighted by Gasteiger charge is 2.29. The van der Waals surface area contributed by atoms with Crippen LogP contribution in [-0.4, -0.2) is 45.3 Å². The van der Waals surface area contributed by atoms with Crippen LogP contribution in [0.5, 0.6) is 5.75 Å². The smallest absolute Gasteiger partial charge is 0.267 e. The van der Waals surface area contributed by atoms with Crippen LogP contribution >= 0.6 is 11.3 Å². The molecule has 0 radical (unpaired) electrons. The van der Waals surface area contributed by atoms with E-state index in [0.29, 0.717) is 18.1 Å². The molecule has 10 nitrogen and oxygen atoms in total. The molecule has 1 aliphatic rings. The van der Waals surface area contributed by atoms with Crippen LogP contribution in [0.15, 0.2) is 94.7 Å². The fraction of sp³-hybridized carbons (Fsp3) is 0.250. The number of fused-ring (bicyclic) bond motifs is 2. The molecule has 1 unspecified atom stereocenters. The molecule has 45 heavy (non-hydrogen) atoms. The van der Waals surface area contributed by atoms with Crippen molar-refractivity contribution in [3.05, 3.63) is 95.3 Å². The highest BCUT2D eigenvalue weighted by Crippen LogP contribution is 2.42. The van der Waals surface area contributed by atoms with Gasteiger partial charge in [0.1, 0.15) is 4.70 Å². The summed E-state index contributed by atoms with van der Waals surface area (Å²) in [4.78, 5) is 1.90. The van der Waals surface area contributed by atoms with Gasteiger partial charge in [0.15, 0.2) is 12.3 Å². The molecule has 1 atom stereocenters. The summed E-state index contributed by atoms with van der Waals surface area (Å²) in [5.41, 5.74) is 4.37. The Morgan fingerprint density at radius 3 is 2.47 bits per heavy atom. The lowest BCUT2D eigenvalue weighted by Gasteiger charge is -2.20. The van der Waals surface area contributed by atoms with Crippen LogP contribution in [0, 0.1) is 0 Å². The van der Waals surface area contributed by atoms with E-state index < -0.39 is 31.3 Å². The minimum atomic E-state index is -4.22. The van der Waals surface area contributed by atoms with Crippen molar-refractivity contribution in [1.82, 2.24) is 0 Å². The van der Waals surface area contributed by atoms with Gasteiger partial charge in [-0.05, 0) is 54.7 Å². The minimum Gasteiger partial charge on any atom is -0.857 e. The van der Waals surface area contributed by atoms with Crippen LogP contribution in [0.2, 0.25) is 0 Å². The number of ether oxygens (including phenoxy) is 1. The van der Waals surface area contributed by atoms with Crippen LogP contribution in [0.4, 0.5) is 5.69 Å². The second kappa shape index (κ2) is 13.1. The summed E-state index contributed by atoms with van der Waals surface area (Å²) in [6, 6.07) is 23.2. The quantitative estimate of drug-likeness (QED) is 0.104. The van der Waals surface area contributed by atoms with Crippen molar-refractivity contribution in [2.45, 2.75) is 38.5 Å². The van der Waals surface area contributed by atoms with Crippen molar-refractivity contribution in [2.75, 3.05) is 17.7 Å². The Hall–Kier alpha value is -4.04. The van der Waals surface area contributed by atoms with Crippen molar-refractivity contribution >= 4 is 59.4 Å². The molecule has 1 aromatic heterocycles. The Balaban J connectivity index is 1.56. The fourth-order valence-electron chi connectivity index (χ4n) is 4.94. The zero-order valence-corrected chi connectivity index (χ0v) is 27.4. The standard InChI is InChI=1S/C32H33N3O7S3/c1-4-23(19-32-35(21-30(36)33-44(3,37)38)26-12-8-9-13-29(26)43-32)18-31-34(17-16-22(2)45(39,40)41)27-20-25(14-15-28(27)42-31)24-10-6-5-7-11-24/h5-15,18-20,22H,4,16-17,21H2,1-3H3,(H-,33,36,39,40,41). The Morgan fingerprint density at radius 2 is 1.78 bits per heavy atom. The van der Waals surface area contributed by atoms with E-state index in [1.54, 1.807) is 4.57 Å². The molecule has 13 heteroatoms. The maximum Gasteiger partial charge on any atom is 0.267 e. The molecule has 0 bridgehead atoms. The Morgan fingerprint density at radius 1 is 1.07 bits per heavy atom. The Labute approximate surface area is 267 Å². The topological polar surface area (TPSA) is 140 Å². The molecule has 0 saturated carbocycles. The van der Waals surface area contributed by atoms with Crippen molar-refractivity contribution in [1.29, 1.82) is 0 Å². The predicted molar refractivity (Wildman–Crippen MR) is 176 cm³/mol. The summed E-state index contributed by atoms with van der Waals surface area (Å²) in [5, 5.41) is 12.3. The molecule has 5 rings (SSSR count). The molecule has 0 amide bonds. The van der Waals surface area contributed by atoms with Gasteiger partial charge in [-0.1, -0.05) is 66.8 Å². The van der Waals surface area contributed by atoms with Crippen LogP contribution in [0.25, 0.3) is 27.4 Å². The normalized spacial score (nSPS) is 15.8. The second-order valence-corrected chi connectivity index (χ2v) is 15.2. The molecule has 236 valence electrons. The number of allylic oxidation sites excluding steroid dienone is 2. The lowest BCUT2D eigenvalue weighted by atomic mass is 10.0. The summed E-state index contributed by atoms with van der Waals surface area (Å²) < 4.78 is 68.8. The highest BCUT2D eigenvalue weighted by atomic mass is 32.2. The molecule has 0 fully saturated rings. The van der Waals surface area contributed by atoms with Crippen molar-refractivity contribution in [3.63, 3.8) is 0 Å². The maximum absolute atomic E-state index is 12.6. The molecule has 1 N–H and O–H groups in total. The molecular weight excluding hydrogens is 635 g/mol. The first-order valence-electron chi connectivity index (χ1n) is 14.2. The molecule has 0 saturated heterocycles. The van der Waals surface area contributed by atoms with Crippen molar-refractivity contribution in [2.24, 2.45) is 4.40 Å². The Bertz CT molecular complexity index is 2030. The summed E-state index contributed by atoms with van der Waals surface area (Å²) in [6.45, 7) is 3.46. The number of rotatable bonds is 11. The van der Waals surface area contributed by atoms with Gasteiger partial charge in [0, 0.05) is 30.7 Å². The van der Waals surface area contributed by atoms with Gasteiger partial charge in [-0.15, -0.1) is 0 Å². The van der Waals surface area contributed by atoms with Gasteiger partial charge in [0.25, 0.3) is 15.1 Å². The van der Waals surface area contributed by atoms with E-state index in [0.717, 1.165) is 43.9 Å². The zero-order chi connectivity index (χ0) is 32.4. The number of hydrogen-bond donors (Lipinski definition) is 1. The monoisotopic (exact) mass is 667 g/mol. The lowest BCUT2D eigenvalue weighted by Crippen LogP contribution is -2.43. The number of anilines is 1. The number of sulfonamides is 1. The molecule has 1 aliphatic heterocycles. The molecule has 0 aliphatic carbocycles. The highest BCUT2D eigenvalue weighted by molar-refractivity contribution is 7.89. The zero-order valence-electron chi connectivity index (χ0n) is 25.0. The summed E-state index contributed by atoms with van der Waals surface area (Å²) >= 11 is 1.46. The van der Waals surface area contributed by atoms with E-state index >= 15 is 0 Å². The number of nitrogens with zero attached hydrogens (tertiary/aromatic N) is 3. The number of aromatic nitrogens is 1. The van der Waals surface area contributed by atoms with E-state index in [1.165, 1.54) is 18.3 Å². The van der Waals surface area contributed by atoms with Crippen molar-refractivity contribution < 1.29 is 35.8 Å². The third kappa shape index (κ3) is 7.79. The van der Waals surface area contributed by atoms with Crippen LogP contribution in [0.1, 0.15) is 31.7 Å². The van der Waals surface area contributed by atoms with Gasteiger partial charge in [0.05, 0.1) is 17.2 Å². The van der Waals surface area contributed by atoms with Gasteiger partial charge in [-0.25, -0.2) is 8.42 Å². The van der Waals surface area contributed by atoms with E-state index in [4.69, 9.17) is 4.74 Å². The maximum atomic E-state index is 12.6. The summed E-state index contributed by atoms with van der Waals surface area (Å²) in [7, 11) is -8.07. The van der Waals surface area contributed by atoms with Crippen LogP contribution < -0.4 is 19.3 Å². The molecule has 0 spiro atoms. The first-order valence-corrected chi connectivity index (χ1v) is 18.4. The molecular formula is C32H33N3O7S3. The first kappa shape index (κ1) is 32.4. The Kier molecular flexibility index (Phi) is 9.44. The largest absolute Gasteiger partial charge is 0.857 e. The van der Waals surface area contributed by atoms with E-state index in [1.807, 2.05) is 96.8 Å². The minimum absolute atomic E-state index is 0.155. The van der Waals surface area contributed by atoms with Gasteiger partial charge in [0.2, 0.25) is 21.4 Å². The van der Waals surface area contributed by atoms with Gasteiger partial charge in [-0.3, -0.25) is 4.55 Å². The number of thiazole rings is 1. The number of para-hydroxylation sites is 1. The van der Waals surface area contributed by atoms with Gasteiger partial charge >= 0.3 is 0 Å². The first-order chi connectivity index (χ1) is 21.3. The second-order valence-electron chi connectivity index (χ2n) is 10.7. The predicted octanol–water partition coefficient (Wildman–Crippen LogP) is 4.77. The average Bonchev–Trinajstić information content (AvgIpc) is 3.50. The van der Waals surface area contributed by atoms with E-state index in [2.05, 4.69) is 4.40 Å². The van der Waals surface area contributed by atoms with E-state index in [-0.39, 0.29) is 19.5 Å². The SMILES string of the molecule is CCC(/C=C1\Oc2ccc(-c3ccccc3)cc2N1CCC(C)S(=O)(=O)O)=C\c1sc2ccccc2[n+]1C/C([O-])=N/S(C)(=O)=O. The van der Waals surface area contributed by atoms with Gasteiger partial charge in [-0.2, -0.15) is 17.4 Å². The van der Waals surface area contributed by atoms with Gasteiger partial charge < -0.3 is 14.7 Å². The third-order valence-electron chi connectivity index (χ3n) is 7.33. The summed E-state index contributed by atoms with van der Waals surface area (Å²) in [5.74, 6) is 0.322. The fourth-order valence-corrected chi connectivity index (χ4v) is 6.91. The molecule has 4 aromatic rings. The lowest BCUT2D eigenvalue weighted by molar-refractivity contribution is -0.658. The third-order valence-corrected chi connectivity index (χ3v) is 10.2. The molecule has 2 heterocycles. The van der Waals surface area contributed by atoms with Crippen molar-refractivity contribution in [3.8, 4) is 16.9 Å². The number of hydrogen-bond acceptors (Lipinski definition) is 8.